The Balaban J connectivity index is 1.67. The third-order valence-electron chi connectivity index (χ3n) is 4.79. The van der Waals surface area contributed by atoms with Crippen molar-refractivity contribution in [1.29, 1.82) is 0 Å². The molecule has 0 aliphatic rings. The van der Waals surface area contributed by atoms with Crippen molar-refractivity contribution in [1.82, 2.24) is 10.1 Å². The molecule has 1 aromatic heterocycles. The van der Waals surface area contributed by atoms with Gasteiger partial charge in [-0.25, -0.2) is 0 Å². The van der Waals surface area contributed by atoms with Crippen LogP contribution in [0.5, 0.6) is 17.2 Å². The summed E-state index contributed by atoms with van der Waals surface area (Å²) in [5.74, 6) is 1.78. The number of ether oxygens (including phenoxy) is 3. The first-order chi connectivity index (χ1) is 15.6. The second kappa shape index (κ2) is 9.22. The predicted octanol–water partition coefficient (Wildman–Crippen LogP) is 4.68. The molecule has 162 valence electrons. The summed E-state index contributed by atoms with van der Waals surface area (Å²) in [6.45, 7) is 0. The molecule has 32 heavy (non-hydrogen) atoms. The fourth-order valence-electron chi connectivity index (χ4n) is 3.22. The largest absolute Gasteiger partial charge is 0.493 e. The summed E-state index contributed by atoms with van der Waals surface area (Å²) in [7, 11) is 4.61. The van der Waals surface area contributed by atoms with Crippen LogP contribution in [0.3, 0.4) is 0 Å². The van der Waals surface area contributed by atoms with Gasteiger partial charge in [-0.15, -0.1) is 0 Å². The fourth-order valence-corrected chi connectivity index (χ4v) is 3.22. The Morgan fingerprint density at radius 1 is 0.875 bits per heavy atom. The number of hydrogen-bond acceptors (Lipinski definition) is 7. The van der Waals surface area contributed by atoms with Crippen LogP contribution in [0.1, 0.15) is 10.4 Å². The molecule has 0 unspecified atom stereocenters. The van der Waals surface area contributed by atoms with Crippen molar-refractivity contribution < 1.29 is 23.5 Å². The van der Waals surface area contributed by atoms with Crippen LogP contribution in [-0.4, -0.2) is 37.4 Å². The highest BCUT2D eigenvalue weighted by atomic mass is 16.5. The third-order valence-corrected chi connectivity index (χ3v) is 4.79. The van der Waals surface area contributed by atoms with Crippen LogP contribution in [0, 0.1) is 0 Å². The van der Waals surface area contributed by atoms with Crippen molar-refractivity contribution in [3.8, 4) is 40.1 Å². The molecule has 0 aliphatic carbocycles. The van der Waals surface area contributed by atoms with Crippen molar-refractivity contribution in [2.45, 2.75) is 0 Å². The normalized spacial score (nSPS) is 10.5. The van der Waals surface area contributed by atoms with E-state index in [1.165, 1.54) is 21.3 Å². The third kappa shape index (κ3) is 4.11. The lowest BCUT2D eigenvalue weighted by Crippen LogP contribution is -2.12. The Bertz CT molecular complexity index is 1210. The fraction of sp³-hybridized carbons (Fsp3) is 0.125. The van der Waals surface area contributed by atoms with E-state index in [4.69, 9.17) is 18.7 Å². The molecule has 0 bridgehead atoms. The first kappa shape index (κ1) is 20.9. The smallest absolute Gasteiger partial charge is 0.260 e. The standard InChI is InChI=1S/C24H21N3O5/c1-29-19-13-16(14-20(30-2)21(19)31-3)22-26-24(32-27-22)17-11-7-8-12-18(17)25-23(28)15-9-5-4-6-10-15/h4-14H,1-3H3,(H,25,28). The molecule has 1 heterocycles. The lowest BCUT2D eigenvalue weighted by molar-refractivity contribution is 0.102. The van der Waals surface area contributed by atoms with Gasteiger partial charge in [0.1, 0.15) is 0 Å². The van der Waals surface area contributed by atoms with E-state index >= 15 is 0 Å². The zero-order valence-electron chi connectivity index (χ0n) is 17.8. The lowest BCUT2D eigenvalue weighted by atomic mass is 10.1. The molecule has 0 fully saturated rings. The number of carbonyl (C=O) groups is 1. The Hall–Kier alpha value is -4.33. The maximum absolute atomic E-state index is 12.6. The maximum atomic E-state index is 12.6. The summed E-state index contributed by atoms with van der Waals surface area (Å²) < 4.78 is 21.7. The Kier molecular flexibility index (Phi) is 6.03. The van der Waals surface area contributed by atoms with Gasteiger partial charge in [-0.1, -0.05) is 35.5 Å². The Labute approximate surface area is 184 Å². The molecule has 0 radical (unpaired) electrons. The highest BCUT2D eigenvalue weighted by Crippen LogP contribution is 2.41. The summed E-state index contributed by atoms with van der Waals surface area (Å²) in [5, 5.41) is 7.00. The average Bonchev–Trinajstić information content (AvgIpc) is 3.34. The second-order valence-electron chi connectivity index (χ2n) is 6.70. The minimum atomic E-state index is -0.234. The summed E-state index contributed by atoms with van der Waals surface area (Å²) in [5.41, 5.74) is 2.33. The molecule has 0 saturated heterocycles. The van der Waals surface area contributed by atoms with E-state index in [9.17, 15) is 4.79 Å². The number of hydrogen-bond donors (Lipinski definition) is 1. The van der Waals surface area contributed by atoms with Crippen LogP contribution in [0.15, 0.2) is 71.3 Å². The number of anilines is 1. The van der Waals surface area contributed by atoms with Crippen LogP contribution >= 0.6 is 0 Å². The van der Waals surface area contributed by atoms with Gasteiger partial charge >= 0.3 is 0 Å². The Morgan fingerprint density at radius 3 is 2.19 bits per heavy atom. The van der Waals surface area contributed by atoms with Crippen LogP contribution < -0.4 is 19.5 Å². The minimum Gasteiger partial charge on any atom is -0.493 e. The average molecular weight is 431 g/mol. The number of amides is 1. The minimum absolute atomic E-state index is 0.234. The number of nitrogens with zero attached hydrogens (tertiary/aromatic N) is 2. The van der Waals surface area contributed by atoms with Crippen molar-refractivity contribution in [2.24, 2.45) is 0 Å². The van der Waals surface area contributed by atoms with Gasteiger partial charge in [-0.3, -0.25) is 4.79 Å². The van der Waals surface area contributed by atoms with Gasteiger partial charge in [0.2, 0.25) is 11.6 Å². The molecule has 1 N–H and O–H groups in total. The quantitative estimate of drug-likeness (QED) is 0.454. The number of carbonyl (C=O) groups excluding carboxylic acids is 1. The SMILES string of the molecule is COc1cc(-c2noc(-c3ccccc3NC(=O)c3ccccc3)n2)cc(OC)c1OC. The van der Waals surface area contributed by atoms with Crippen LogP contribution in [0.4, 0.5) is 5.69 Å². The van der Waals surface area contributed by atoms with Gasteiger partial charge in [-0.05, 0) is 36.4 Å². The monoisotopic (exact) mass is 431 g/mol. The maximum Gasteiger partial charge on any atom is 0.260 e. The Morgan fingerprint density at radius 2 is 1.53 bits per heavy atom. The number of aromatic nitrogens is 2. The lowest BCUT2D eigenvalue weighted by Gasteiger charge is -2.12. The molecule has 4 rings (SSSR count). The predicted molar refractivity (Wildman–Crippen MR) is 119 cm³/mol. The highest BCUT2D eigenvalue weighted by Gasteiger charge is 2.19. The zero-order chi connectivity index (χ0) is 22.5. The van der Waals surface area contributed by atoms with Gasteiger partial charge in [0.25, 0.3) is 11.8 Å². The molecule has 0 aliphatic heterocycles. The van der Waals surface area contributed by atoms with E-state index in [-0.39, 0.29) is 11.8 Å². The van der Waals surface area contributed by atoms with Crippen LogP contribution in [0.2, 0.25) is 0 Å². The van der Waals surface area contributed by atoms with Gasteiger partial charge in [-0.2, -0.15) is 4.98 Å². The van der Waals surface area contributed by atoms with E-state index in [1.54, 1.807) is 36.4 Å². The molecule has 4 aromatic rings. The van der Waals surface area contributed by atoms with Gasteiger partial charge in [0.05, 0.1) is 32.6 Å². The molecule has 1 amide bonds. The number of para-hydroxylation sites is 1. The molecule has 8 nitrogen and oxygen atoms in total. The first-order valence-corrected chi connectivity index (χ1v) is 9.74. The van der Waals surface area contributed by atoms with Gasteiger partial charge in [0.15, 0.2) is 11.5 Å². The van der Waals surface area contributed by atoms with E-state index < -0.39 is 0 Å². The van der Waals surface area contributed by atoms with E-state index in [0.29, 0.717) is 45.5 Å². The number of nitrogens with one attached hydrogen (secondary N) is 1. The zero-order valence-corrected chi connectivity index (χ0v) is 17.8. The molecule has 0 saturated carbocycles. The van der Waals surface area contributed by atoms with Gasteiger partial charge in [0, 0.05) is 11.1 Å². The number of rotatable bonds is 7. The molecule has 8 heteroatoms. The van der Waals surface area contributed by atoms with Crippen LogP contribution in [-0.2, 0) is 0 Å². The van der Waals surface area contributed by atoms with Crippen molar-refractivity contribution in [3.63, 3.8) is 0 Å². The number of methoxy groups -OCH3 is 3. The molecule has 0 atom stereocenters. The first-order valence-electron chi connectivity index (χ1n) is 9.74. The second-order valence-corrected chi connectivity index (χ2v) is 6.70. The van der Waals surface area contributed by atoms with E-state index in [0.717, 1.165) is 0 Å². The molecular formula is C24H21N3O5. The molecular weight excluding hydrogens is 410 g/mol. The molecule has 3 aromatic carbocycles. The highest BCUT2D eigenvalue weighted by molar-refractivity contribution is 6.05. The number of benzene rings is 3. The summed E-state index contributed by atoms with van der Waals surface area (Å²) >= 11 is 0. The van der Waals surface area contributed by atoms with Crippen molar-refractivity contribution >= 4 is 11.6 Å². The molecule has 0 spiro atoms. The summed E-state index contributed by atoms with van der Waals surface area (Å²) in [6, 6.07) is 19.7. The summed E-state index contributed by atoms with van der Waals surface area (Å²) in [4.78, 5) is 17.1. The van der Waals surface area contributed by atoms with Crippen LogP contribution in [0.25, 0.3) is 22.8 Å². The summed E-state index contributed by atoms with van der Waals surface area (Å²) in [6.07, 6.45) is 0. The topological polar surface area (TPSA) is 95.7 Å². The van der Waals surface area contributed by atoms with Crippen molar-refractivity contribution in [2.75, 3.05) is 26.6 Å². The van der Waals surface area contributed by atoms with Gasteiger partial charge < -0.3 is 24.1 Å². The van der Waals surface area contributed by atoms with E-state index in [1.807, 2.05) is 30.3 Å². The van der Waals surface area contributed by atoms with E-state index in [2.05, 4.69) is 15.5 Å². The van der Waals surface area contributed by atoms with Crippen molar-refractivity contribution in [3.05, 3.63) is 72.3 Å².